The molecule has 1 aliphatic rings. The van der Waals surface area contributed by atoms with Crippen LogP contribution in [0.5, 0.6) is 5.75 Å². The standard InChI is InChI=1S/C20H33N3O3/c1-5-21-20(23-16(3)13-25-18-10-11-24-14-18)22-12-17(4)26-19-9-7-6-8-15(19)2/h6-9,16-18H,5,10-14H2,1-4H3,(H2,21,22,23). The Kier molecular flexibility index (Phi) is 8.71. The number of hydrogen-bond acceptors (Lipinski definition) is 4. The summed E-state index contributed by atoms with van der Waals surface area (Å²) in [4.78, 5) is 4.65. The molecule has 2 rings (SSSR count). The normalized spacial score (nSPS) is 19.8. The monoisotopic (exact) mass is 363 g/mol. The number of aryl methyl sites for hydroxylation is 1. The Labute approximate surface area is 157 Å². The van der Waals surface area contributed by atoms with Gasteiger partial charge in [-0.25, -0.2) is 4.99 Å². The molecule has 0 aliphatic carbocycles. The number of nitrogens with zero attached hydrogens (tertiary/aromatic N) is 1. The number of nitrogens with one attached hydrogen (secondary N) is 2. The molecule has 1 aliphatic heterocycles. The van der Waals surface area contributed by atoms with Crippen molar-refractivity contribution in [3.63, 3.8) is 0 Å². The van der Waals surface area contributed by atoms with Crippen LogP contribution in [0.2, 0.25) is 0 Å². The van der Waals surface area contributed by atoms with Crippen LogP contribution in [0.4, 0.5) is 0 Å². The number of guanidine groups is 1. The van der Waals surface area contributed by atoms with Gasteiger partial charge in [0.1, 0.15) is 11.9 Å². The number of benzene rings is 1. The van der Waals surface area contributed by atoms with Gasteiger partial charge in [0.15, 0.2) is 5.96 Å². The van der Waals surface area contributed by atoms with Crippen molar-refractivity contribution in [2.75, 3.05) is 32.9 Å². The maximum Gasteiger partial charge on any atom is 0.191 e. The van der Waals surface area contributed by atoms with Gasteiger partial charge in [0.05, 0.1) is 25.9 Å². The van der Waals surface area contributed by atoms with Gasteiger partial charge in [0, 0.05) is 19.2 Å². The van der Waals surface area contributed by atoms with Gasteiger partial charge in [-0.1, -0.05) is 18.2 Å². The molecule has 0 radical (unpaired) electrons. The first-order valence-corrected chi connectivity index (χ1v) is 9.55. The molecule has 0 amide bonds. The Morgan fingerprint density at radius 1 is 1.35 bits per heavy atom. The molecule has 0 spiro atoms. The van der Waals surface area contributed by atoms with E-state index in [1.165, 1.54) is 0 Å². The molecule has 1 heterocycles. The molecular weight excluding hydrogens is 330 g/mol. The van der Waals surface area contributed by atoms with Crippen molar-refractivity contribution in [3.8, 4) is 5.75 Å². The van der Waals surface area contributed by atoms with Crippen molar-refractivity contribution >= 4 is 5.96 Å². The lowest BCUT2D eigenvalue weighted by Crippen LogP contribution is -2.45. The van der Waals surface area contributed by atoms with Crippen LogP contribution in [0.15, 0.2) is 29.3 Å². The van der Waals surface area contributed by atoms with Gasteiger partial charge in [-0.2, -0.15) is 0 Å². The van der Waals surface area contributed by atoms with Gasteiger partial charge in [-0.05, 0) is 45.7 Å². The van der Waals surface area contributed by atoms with Crippen LogP contribution in [0.3, 0.4) is 0 Å². The van der Waals surface area contributed by atoms with E-state index >= 15 is 0 Å². The van der Waals surface area contributed by atoms with Crippen LogP contribution in [0, 0.1) is 6.92 Å². The van der Waals surface area contributed by atoms with E-state index in [0.717, 1.165) is 36.8 Å². The maximum absolute atomic E-state index is 5.99. The van der Waals surface area contributed by atoms with E-state index < -0.39 is 0 Å². The maximum atomic E-state index is 5.99. The van der Waals surface area contributed by atoms with E-state index in [1.807, 2.05) is 38.1 Å². The van der Waals surface area contributed by atoms with Crippen LogP contribution in [0.1, 0.15) is 32.8 Å². The second-order valence-electron chi connectivity index (χ2n) is 6.78. The molecule has 6 heteroatoms. The molecule has 1 fully saturated rings. The fourth-order valence-corrected chi connectivity index (χ4v) is 2.68. The minimum atomic E-state index is -0.00579. The van der Waals surface area contributed by atoms with Gasteiger partial charge in [-0.3, -0.25) is 0 Å². The minimum Gasteiger partial charge on any atom is -0.489 e. The highest BCUT2D eigenvalue weighted by Crippen LogP contribution is 2.17. The Hall–Kier alpha value is -1.79. The average Bonchev–Trinajstić information content (AvgIpc) is 3.14. The molecule has 3 atom stereocenters. The molecule has 1 saturated heterocycles. The Balaban J connectivity index is 1.79. The number of ether oxygens (including phenoxy) is 3. The van der Waals surface area contributed by atoms with E-state index in [1.54, 1.807) is 0 Å². The van der Waals surface area contributed by atoms with E-state index in [-0.39, 0.29) is 18.2 Å². The molecule has 3 unspecified atom stereocenters. The Morgan fingerprint density at radius 2 is 2.15 bits per heavy atom. The quantitative estimate of drug-likeness (QED) is 0.521. The fraction of sp³-hybridized carbons (Fsp3) is 0.650. The van der Waals surface area contributed by atoms with Gasteiger partial charge >= 0.3 is 0 Å². The molecule has 146 valence electrons. The number of para-hydroxylation sites is 1. The van der Waals surface area contributed by atoms with Crippen molar-refractivity contribution in [2.45, 2.75) is 52.4 Å². The summed E-state index contributed by atoms with van der Waals surface area (Å²) in [5.41, 5.74) is 1.13. The fourth-order valence-electron chi connectivity index (χ4n) is 2.68. The van der Waals surface area contributed by atoms with E-state index in [0.29, 0.717) is 19.8 Å². The zero-order chi connectivity index (χ0) is 18.8. The van der Waals surface area contributed by atoms with Gasteiger partial charge in [-0.15, -0.1) is 0 Å². The second-order valence-corrected chi connectivity index (χ2v) is 6.78. The lowest BCUT2D eigenvalue weighted by atomic mass is 10.2. The molecule has 1 aromatic carbocycles. The van der Waals surface area contributed by atoms with Crippen LogP contribution in [-0.2, 0) is 9.47 Å². The zero-order valence-corrected chi connectivity index (χ0v) is 16.5. The molecule has 1 aromatic rings. The van der Waals surface area contributed by atoms with E-state index in [4.69, 9.17) is 14.2 Å². The molecule has 6 nitrogen and oxygen atoms in total. The number of aliphatic imine (C=N–C) groups is 1. The topological polar surface area (TPSA) is 64.1 Å². The third-order valence-electron chi connectivity index (χ3n) is 4.13. The summed E-state index contributed by atoms with van der Waals surface area (Å²) in [6.45, 7) is 11.8. The van der Waals surface area contributed by atoms with Crippen molar-refractivity contribution < 1.29 is 14.2 Å². The van der Waals surface area contributed by atoms with Crippen molar-refractivity contribution in [1.29, 1.82) is 0 Å². The number of rotatable bonds is 9. The smallest absolute Gasteiger partial charge is 0.191 e. The lowest BCUT2D eigenvalue weighted by molar-refractivity contribution is 0.0347. The lowest BCUT2D eigenvalue weighted by Gasteiger charge is -2.20. The van der Waals surface area contributed by atoms with E-state index in [2.05, 4.69) is 29.5 Å². The highest BCUT2D eigenvalue weighted by atomic mass is 16.5. The predicted octanol–water partition coefficient (Wildman–Crippen LogP) is 2.51. The van der Waals surface area contributed by atoms with E-state index in [9.17, 15) is 0 Å². The van der Waals surface area contributed by atoms with Gasteiger partial charge < -0.3 is 24.8 Å². The summed E-state index contributed by atoms with van der Waals surface area (Å²) in [6, 6.07) is 8.21. The average molecular weight is 364 g/mol. The SMILES string of the molecule is CCNC(=NCC(C)Oc1ccccc1C)NC(C)COC1CCOC1. The van der Waals surface area contributed by atoms with Gasteiger partial charge in [0.2, 0.25) is 0 Å². The highest BCUT2D eigenvalue weighted by Gasteiger charge is 2.17. The molecule has 0 aromatic heterocycles. The van der Waals surface area contributed by atoms with Crippen molar-refractivity contribution in [3.05, 3.63) is 29.8 Å². The third kappa shape index (κ3) is 7.22. The highest BCUT2D eigenvalue weighted by molar-refractivity contribution is 5.80. The van der Waals surface area contributed by atoms with Gasteiger partial charge in [0.25, 0.3) is 0 Å². The van der Waals surface area contributed by atoms with Crippen LogP contribution in [0.25, 0.3) is 0 Å². The first kappa shape index (κ1) is 20.5. The molecule has 2 N–H and O–H groups in total. The summed E-state index contributed by atoms with van der Waals surface area (Å²) in [5, 5.41) is 6.67. The van der Waals surface area contributed by atoms with Crippen LogP contribution < -0.4 is 15.4 Å². The summed E-state index contributed by atoms with van der Waals surface area (Å²) in [5.74, 6) is 1.69. The first-order valence-electron chi connectivity index (χ1n) is 9.55. The second kappa shape index (κ2) is 11.0. The summed E-state index contributed by atoms with van der Waals surface area (Å²) in [7, 11) is 0. The van der Waals surface area contributed by atoms with Crippen molar-refractivity contribution in [1.82, 2.24) is 10.6 Å². The predicted molar refractivity (Wildman–Crippen MR) is 105 cm³/mol. The molecular formula is C20H33N3O3. The molecule has 0 bridgehead atoms. The zero-order valence-electron chi connectivity index (χ0n) is 16.5. The third-order valence-corrected chi connectivity index (χ3v) is 4.13. The Morgan fingerprint density at radius 3 is 2.85 bits per heavy atom. The van der Waals surface area contributed by atoms with Crippen LogP contribution in [-0.4, -0.2) is 57.1 Å². The first-order chi connectivity index (χ1) is 12.6. The summed E-state index contributed by atoms with van der Waals surface area (Å²) >= 11 is 0. The van der Waals surface area contributed by atoms with Crippen molar-refractivity contribution in [2.24, 2.45) is 4.99 Å². The molecule has 0 saturated carbocycles. The number of hydrogen-bond donors (Lipinski definition) is 2. The van der Waals surface area contributed by atoms with Crippen LogP contribution >= 0.6 is 0 Å². The molecule has 26 heavy (non-hydrogen) atoms. The minimum absolute atomic E-state index is 0.00579. The Bertz CT molecular complexity index is 559. The largest absolute Gasteiger partial charge is 0.489 e. The summed E-state index contributed by atoms with van der Waals surface area (Å²) in [6.07, 6.45) is 1.20. The summed E-state index contributed by atoms with van der Waals surface area (Å²) < 4.78 is 17.2.